The topological polar surface area (TPSA) is 89.9 Å². The molecule has 3 fully saturated rings. The fourth-order valence-corrected chi connectivity index (χ4v) is 7.09. The summed E-state index contributed by atoms with van der Waals surface area (Å²) in [7, 11) is -2.35. The molecule has 0 aromatic carbocycles. The first kappa shape index (κ1) is 11.0. The van der Waals surface area contributed by atoms with Gasteiger partial charge in [-0.1, -0.05) is 16.4 Å². The van der Waals surface area contributed by atoms with E-state index in [-0.39, 0.29) is 17.8 Å². The van der Waals surface area contributed by atoms with Crippen molar-refractivity contribution in [3.63, 3.8) is 0 Å². The predicted octanol–water partition coefficient (Wildman–Crippen LogP) is 0.276. The molecule has 3 aliphatic rings. The van der Waals surface area contributed by atoms with E-state index in [2.05, 4.69) is 0 Å². The average Bonchev–Trinajstić information content (AvgIpc) is 2.58. The highest BCUT2D eigenvalue weighted by molar-refractivity contribution is 8.13. The summed E-state index contributed by atoms with van der Waals surface area (Å²) >= 11 is 0. The highest BCUT2D eigenvalue weighted by atomic mass is 32.3. The average molecular weight is 262 g/mol. The lowest BCUT2D eigenvalue weighted by Gasteiger charge is -2.36. The van der Waals surface area contributed by atoms with Crippen molar-refractivity contribution in [1.82, 2.24) is 0 Å². The third-order valence-electron chi connectivity index (χ3n) is 3.95. The highest BCUT2D eigenvalue weighted by Gasteiger charge is 2.87. The van der Waals surface area contributed by atoms with E-state index in [1.54, 1.807) is 0 Å². The minimum absolute atomic E-state index is 0.0947. The largest absolute Gasteiger partial charge is 0.510 e. The SMILES string of the molecule is O=C(O)CCCC[C@H]1[C@H]2OC(=O)O[C@]23C[SH]13=O. The zero-order chi connectivity index (χ0) is 12.3. The second-order valence-electron chi connectivity index (χ2n) is 4.90. The Bertz CT molecular complexity index is 446. The maximum Gasteiger partial charge on any atom is 0.510 e. The molecular weight excluding hydrogens is 248 g/mol. The van der Waals surface area contributed by atoms with E-state index in [0.29, 0.717) is 25.0 Å². The summed E-state index contributed by atoms with van der Waals surface area (Å²) in [5, 5.41) is 8.41. The van der Waals surface area contributed by atoms with Crippen LogP contribution in [0, 0.1) is 0 Å². The van der Waals surface area contributed by atoms with Crippen molar-refractivity contribution in [2.75, 3.05) is 5.75 Å². The van der Waals surface area contributed by atoms with Crippen LogP contribution in [-0.2, 0) is 24.2 Å². The number of rotatable bonds is 5. The van der Waals surface area contributed by atoms with E-state index in [0.717, 1.165) is 0 Å². The first-order valence-electron chi connectivity index (χ1n) is 5.70. The zero-order valence-electron chi connectivity index (χ0n) is 9.13. The third kappa shape index (κ3) is 1.28. The van der Waals surface area contributed by atoms with E-state index in [4.69, 9.17) is 14.6 Å². The lowest BCUT2D eigenvalue weighted by atomic mass is 10.0. The van der Waals surface area contributed by atoms with Crippen LogP contribution in [0.25, 0.3) is 0 Å². The Morgan fingerprint density at radius 3 is 3.00 bits per heavy atom. The Hall–Kier alpha value is -1.11. The van der Waals surface area contributed by atoms with Gasteiger partial charge in [-0.2, -0.15) is 0 Å². The van der Waals surface area contributed by atoms with Crippen molar-refractivity contribution in [3.8, 4) is 0 Å². The monoisotopic (exact) mass is 262 g/mol. The Labute approximate surface area is 98.7 Å². The van der Waals surface area contributed by atoms with Gasteiger partial charge in [-0.25, -0.2) is 4.79 Å². The van der Waals surface area contributed by atoms with Gasteiger partial charge in [-0.3, -0.25) is 9.00 Å². The van der Waals surface area contributed by atoms with Crippen LogP contribution < -0.4 is 0 Å². The lowest BCUT2D eigenvalue weighted by molar-refractivity contribution is -0.137. The van der Waals surface area contributed by atoms with Crippen LogP contribution in [-0.4, -0.2) is 43.5 Å². The maximum atomic E-state index is 12.3. The van der Waals surface area contributed by atoms with Crippen molar-refractivity contribution in [3.05, 3.63) is 0 Å². The van der Waals surface area contributed by atoms with E-state index in [9.17, 15) is 13.8 Å². The van der Waals surface area contributed by atoms with E-state index in [1.165, 1.54) is 0 Å². The van der Waals surface area contributed by atoms with Gasteiger partial charge in [0.1, 0.15) is 0 Å². The van der Waals surface area contributed by atoms with Gasteiger partial charge in [-0.05, 0) is 12.8 Å². The maximum absolute atomic E-state index is 12.3. The van der Waals surface area contributed by atoms with Gasteiger partial charge in [0, 0.05) is 6.42 Å². The molecule has 6 nitrogen and oxygen atoms in total. The molecule has 0 amide bonds. The van der Waals surface area contributed by atoms with Crippen LogP contribution in [0.5, 0.6) is 0 Å². The van der Waals surface area contributed by atoms with E-state index >= 15 is 0 Å². The molecule has 3 aliphatic heterocycles. The fourth-order valence-electron chi connectivity index (χ4n) is 3.04. The van der Waals surface area contributed by atoms with Gasteiger partial charge < -0.3 is 14.6 Å². The summed E-state index contributed by atoms with van der Waals surface area (Å²) in [5.41, 5.74) is 0. The fraction of sp³-hybridized carbons (Fsp3) is 0.800. The standard InChI is InChI=1S/C10H14O6S/c11-7(12)4-2-1-3-6-8-10(5-17(6,10)14)16-9(13)15-8/h6,8,17H,1-5H2,(H,11,12)/t6-,8+,10-/m0/s1. The molecule has 0 aromatic heterocycles. The molecule has 3 saturated heterocycles. The van der Waals surface area contributed by atoms with E-state index in [1.807, 2.05) is 0 Å². The molecule has 0 bridgehead atoms. The predicted molar refractivity (Wildman–Crippen MR) is 58.4 cm³/mol. The van der Waals surface area contributed by atoms with Crippen molar-refractivity contribution in [2.45, 2.75) is 42.0 Å². The molecule has 0 saturated carbocycles. The third-order valence-corrected chi connectivity index (χ3v) is 7.90. The second-order valence-corrected chi connectivity index (χ2v) is 8.22. The Morgan fingerprint density at radius 1 is 1.53 bits per heavy atom. The number of carbonyl (C=O) groups is 2. The van der Waals surface area contributed by atoms with Crippen LogP contribution >= 0.6 is 0 Å². The van der Waals surface area contributed by atoms with Crippen molar-refractivity contribution in [2.24, 2.45) is 0 Å². The molecule has 17 heavy (non-hydrogen) atoms. The molecule has 0 radical (unpaired) electrons. The molecule has 0 aromatic rings. The lowest BCUT2D eigenvalue weighted by Crippen LogP contribution is -2.54. The first-order chi connectivity index (χ1) is 7.99. The van der Waals surface area contributed by atoms with Crippen LogP contribution in [0.3, 0.4) is 0 Å². The molecule has 96 valence electrons. The molecule has 3 rings (SSSR count). The van der Waals surface area contributed by atoms with Gasteiger partial charge in [0.15, 0.2) is 6.10 Å². The molecule has 0 unspecified atom stereocenters. The molecule has 0 aliphatic carbocycles. The van der Waals surface area contributed by atoms with Gasteiger partial charge in [0.2, 0.25) is 4.93 Å². The number of carboxylic acid groups (broad SMARTS) is 1. The van der Waals surface area contributed by atoms with Gasteiger partial charge in [0.05, 0.1) is 11.0 Å². The number of aliphatic carboxylic acids is 1. The Kier molecular flexibility index (Phi) is 2.08. The van der Waals surface area contributed by atoms with Crippen LogP contribution in [0.4, 0.5) is 4.79 Å². The smallest absolute Gasteiger partial charge is 0.481 e. The zero-order valence-corrected chi connectivity index (χ0v) is 10.0. The number of ether oxygens (including phenoxy) is 2. The molecule has 1 N–H and O–H groups in total. The van der Waals surface area contributed by atoms with Crippen molar-refractivity contribution in [1.29, 1.82) is 0 Å². The number of thiol groups is 1. The Morgan fingerprint density at radius 2 is 2.29 bits per heavy atom. The minimum atomic E-state index is -2.35. The van der Waals surface area contributed by atoms with Crippen molar-refractivity contribution < 1.29 is 28.4 Å². The van der Waals surface area contributed by atoms with Gasteiger partial charge in [0.25, 0.3) is 0 Å². The number of unbranched alkanes of at least 4 members (excludes halogenated alkanes) is 1. The summed E-state index contributed by atoms with van der Waals surface area (Å²) in [6.07, 6.45) is 1.01. The summed E-state index contributed by atoms with van der Waals surface area (Å²) in [4.78, 5) is 20.6. The molecule has 7 heteroatoms. The van der Waals surface area contributed by atoms with Gasteiger partial charge >= 0.3 is 12.1 Å². The normalized spacial score (nSPS) is 41.3. The molecule has 3 atom stereocenters. The van der Waals surface area contributed by atoms with Gasteiger partial charge in [-0.15, -0.1) is 0 Å². The molecular formula is C10H14O6S. The highest BCUT2D eigenvalue weighted by Crippen LogP contribution is 2.67. The molecule has 3 heterocycles. The summed E-state index contributed by atoms with van der Waals surface area (Å²) in [6, 6.07) is 0. The van der Waals surface area contributed by atoms with Crippen LogP contribution in [0.15, 0.2) is 0 Å². The number of carbonyl (C=O) groups excluding carboxylic acids is 1. The number of carboxylic acids is 1. The number of hydrogen-bond donors (Lipinski definition) is 2. The van der Waals surface area contributed by atoms with Crippen molar-refractivity contribution >= 4 is 22.1 Å². The van der Waals surface area contributed by atoms with Crippen LogP contribution in [0.2, 0.25) is 0 Å². The number of hydrogen-bond acceptors (Lipinski definition) is 5. The quantitative estimate of drug-likeness (QED) is 0.320. The minimum Gasteiger partial charge on any atom is -0.481 e. The molecule has 1 spiro atoms. The summed E-state index contributed by atoms with van der Waals surface area (Å²) < 4.78 is 22.3. The first-order valence-corrected chi connectivity index (χ1v) is 7.66. The second kappa shape index (κ2) is 3.22. The van der Waals surface area contributed by atoms with E-state index < -0.39 is 27.0 Å². The summed E-state index contributed by atoms with van der Waals surface area (Å²) in [5.74, 6) is -0.360. The summed E-state index contributed by atoms with van der Waals surface area (Å²) in [6.45, 7) is 0. The van der Waals surface area contributed by atoms with Crippen LogP contribution in [0.1, 0.15) is 25.7 Å². The Balaban J connectivity index is 1.55.